The molecule has 1 fully saturated rings. The highest BCUT2D eigenvalue weighted by atomic mass is 127. The van der Waals surface area contributed by atoms with E-state index in [9.17, 15) is 5.11 Å². The molecule has 0 radical (unpaired) electrons. The molecule has 124 valence electrons. The summed E-state index contributed by atoms with van der Waals surface area (Å²) in [6.45, 7) is 5.19. The predicted molar refractivity (Wildman–Crippen MR) is 100 cm³/mol. The number of benzene rings is 1. The summed E-state index contributed by atoms with van der Waals surface area (Å²) in [5, 5.41) is 12.9. The zero-order chi connectivity index (χ0) is 15.1. The number of rotatable bonds is 5. The Balaban J connectivity index is 0.00000242. The normalized spacial score (nSPS) is 18.0. The van der Waals surface area contributed by atoms with Gasteiger partial charge in [-0.3, -0.25) is 4.99 Å². The van der Waals surface area contributed by atoms with Crippen LogP contribution in [0, 0.1) is 0 Å². The molecule has 0 bridgehead atoms. The molecule has 0 aromatic heterocycles. The van der Waals surface area contributed by atoms with Crippen LogP contribution in [-0.4, -0.2) is 55.4 Å². The van der Waals surface area contributed by atoms with E-state index in [1.165, 1.54) is 5.56 Å². The molecular formula is C16H26IN3O2. The van der Waals surface area contributed by atoms with Crippen molar-refractivity contribution < 1.29 is 9.84 Å². The van der Waals surface area contributed by atoms with Crippen LogP contribution in [0.1, 0.15) is 18.9 Å². The molecule has 0 unspecified atom stereocenters. The van der Waals surface area contributed by atoms with Crippen LogP contribution in [0.3, 0.4) is 0 Å². The van der Waals surface area contributed by atoms with E-state index in [0.717, 1.165) is 44.2 Å². The fourth-order valence-electron chi connectivity index (χ4n) is 2.44. The summed E-state index contributed by atoms with van der Waals surface area (Å²) < 4.78 is 5.15. The highest BCUT2D eigenvalue weighted by Crippen LogP contribution is 2.12. The van der Waals surface area contributed by atoms with Crippen molar-refractivity contribution in [2.75, 3.05) is 33.3 Å². The summed E-state index contributed by atoms with van der Waals surface area (Å²) in [6, 6.07) is 8.09. The molecule has 2 N–H and O–H groups in total. The van der Waals surface area contributed by atoms with E-state index in [1.54, 1.807) is 7.11 Å². The van der Waals surface area contributed by atoms with Crippen molar-refractivity contribution in [3.05, 3.63) is 29.8 Å². The first-order valence-corrected chi connectivity index (χ1v) is 7.57. The second kappa shape index (κ2) is 9.89. The summed E-state index contributed by atoms with van der Waals surface area (Å²) in [7, 11) is 1.67. The second-order valence-electron chi connectivity index (χ2n) is 5.22. The number of hydrogen-bond donors (Lipinski definition) is 2. The third kappa shape index (κ3) is 5.64. The molecule has 1 aromatic carbocycles. The number of hydrogen-bond acceptors (Lipinski definition) is 3. The van der Waals surface area contributed by atoms with Crippen molar-refractivity contribution in [1.82, 2.24) is 10.2 Å². The van der Waals surface area contributed by atoms with E-state index < -0.39 is 0 Å². The standard InChI is InChI=1S/C16H25N3O2.HI/c1-3-17-16(19-11-9-14(20)12-19)18-10-8-13-4-6-15(21-2)7-5-13;/h4-7,14,20H,3,8-12H2,1-2H3,(H,17,18);1H/t14-;/m1./s1. The Morgan fingerprint density at radius 3 is 2.68 bits per heavy atom. The topological polar surface area (TPSA) is 57.1 Å². The SMILES string of the molecule is CCNC(=NCCc1ccc(OC)cc1)N1CC[C@@H](O)C1.I. The van der Waals surface area contributed by atoms with Gasteiger partial charge in [0.15, 0.2) is 5.96 Å². The molecule has 22 heavy (non-hydrogen) atoms. The van der Waals surface area contributed by atoms with Crippen molar-refractivity contribution in [2.45, 2.75) is 25.9 Å². The largest absolute Gasteiger partial charge is 0.497 e. The van der Waals surface area contributed by atoms with E-state index in [0.29, 0.717) is 6.54 Å². The lowest BCUT2D eigenvalue weighted by atomic mass is 10.1. The van der Waals surface area contributed by atoms with Gasteiger partial charge in [-0.1, -0.05) is 12.1 Å². The molecule has 2 rings (SSSR count). The number of nitrogens with one attached hydrogen (secondary N) is 1. The van der Waals surface area contributed by atoms with Crippen LogP contribution in [-0.2, 0) is 6.42 Å². The maximum Gasteiger partial charge on any atom is 0.194 e. The number of aliphatic hydroxyl groups is 1. The lowest BCUT2D eigenvalue weighted by molar-refractivity contribution is 0.188. The molecule has 0 amide bonds. The Morgan fingerprint density at radius 2 is 2.14 bits per heavy atom. The van der Waals surface area contributed by atoms with Gasteiger partial charge in [0, 0.05) is 26.2 Å². The van der Waals surface area contributed by atoms with Gasteiger partial charge in [0.25, 0.3) is 0 Å². The number of guanidine groups is 1. The number of likely N-dealkylation sites (tertiary alicyclic amines) is 1. The summed E-state index contributed by atoms with van der Waals surface area (Å²) in [5.74, 6) is 1.78. The van der Waals surface area contributed by atoms with Gasteiger partial charge in [-0.05, 0) is 37.5 Å². The first kappa shape index (κ1) is 19.0. The van der Waals surface area contributed by atoms with Gasteiger partial charge >= 0.3 is 0 Å². The molecule has 0 saturated carbocycles. The van der Waals surface area contributed by atoms with Gasteiger partial charge < -0.3 is 20.1 Å². The fourth-order valence-corrected chi connectivity index (χ4v) is 2.44. The smallest absolute Gasteiger partial charge is 0.194 e. The van der Waals surface area contributed by atoms with Crippen molar-refractivity contribution in [3.63, 3.8) is 0 Å². The van der Waals surface area contributed by atoms with Gasteiger partial charge in [0.05, 0.1) is 13.2 Å². The number of aliphatic imine (C=N–C) groups is 1. The maximum absolute atomic E-state index is 9.63. The van der Waals surface area contributed by atoms with Crippen LogP contribution < -0.4 is 10.1 Å². The van der Waals surface area contributed by atoms with Gasteiger partial charge in [-0.15, -0.1) is 24.0 Å². The molecular weight excluding hydrogens is 393 g/mol. The minimum atomic E-state index is -0.226. The van der Waals surface area contributed by atoms with Gasteiger partial charge in [0.2, 0.25) is 0 Å². The third-order valence-corrected chi connectivity index (χ3v) is 3.62. The Kier molecular flexibility index (Phi) is 8.55. The molecule has 1 aliphatic rings. The first-order chi connectivity index (χ1) is 10.2. The molecule has 6 heteroatoms. The molecule has 1 atom stereocenters. The number of ether oxygens (including phenoxy) is 1. The lowest BCUT2D eigenvalue weighted by Crippen LogP contribution is -2.40. The Bertz CT molecular complexity index is 465. The third-order valence-electron chi connectivity index (χ3n) is 3.62. The zero-order valence-electron chi connectivity index (χ0n) is 13.3. The number of methoxy groups -OCH3 is 1. The molecule has 1 aromatic rings. The van der Waals surface area contributed by atoms with Crippen LogP contribution in [0.25, 0.3) is 0 Å². The number of aliphatic hydroxyl groups excluding tert-OH is 1. The number of nitrogens with zero attached hydrogens (tertiary/aromatic N) is 2. The summed E-state index contributed by atoms with van der Waals surface area (Å²) in [6.07, 6.45) is 1.49. The van der Waals surface area contributed by atoms with E-state index in [-0.39, 0.29) is 30.1 Å². The summed E-state index contributed by atoms with van der Waals surface area (Å²) in [5.41, 5.74) is 1.25. The average Bonchev–Trinajstić information content (AvgIpc) is 2.93. The Hall–Kier alpha value is -1.02. The van der Waals surface area contributed by atoms with Crippen molar-refractivity contribution >= 4 is 29.9 Å². The molecule has 0 aliphatic carbocycles. The summed E-state index contributed by atoms with van der Waals surface area (Å²) >= 11 is 0. The molecule has 1 aliphatic heterocycles. The molecule has 1 saturated heterocycles. The highest BCUT2D eigenvalue weighted by molar-refractivity contribution is 14.0. The van der Waals surface area contributed by atoms with Crippen LogP contribution in [0.2, 0.25) is 0 Å². The van der Waals surface area contributed by atoms with Crippen LogP contribution in [0.15, 0.2) is 29.3 Å². The maximum atomic E-state index is 9.63. The van der Waals surface area contributed by atoms with E-state index in [4.69, 9.17) is 4.74 Å². The molecule has 1 heterocycles. The van der Waals surface area contributed by atoms with E-state index in [2.05, 4.69) is 34.3 Å². The Morgan fingerprint density at radius 1 is 1.41 bits per heavy atom. The van der Waals surface area contributed by atoms with Gasteiger partial charge in [-0.2, -0.15) is 0 Å². The van der Waals surface area contributed by atoms with Crippen LogP contribution in [0.5, 0.6) is 5.75 Å². The van der Waals surface area contributed by atoms with Crippen LogP contribution in [0.4, 0.5) is 0 Å². The van der Waals surface area contributed by atoms with E-state index >= 15 is 0 Å². The van der Waals surface area contributed by atoms with Crippen molar-refractivity contribution in [1.29, 1.82) is 0 Å². The number of halogens is 1. The summed E-state index contributed by atoms with van der Waals surface area (Å²) in [4.78, 5) is 6.78. The number of β-amino-alcohol motifs (C(OH)–C–C–N with tert-alkyl or cyclic N) is 1. The van der Waals surface area contributed by atoms with Crippen molar-refractivity contribution in [2.24, 2.45) is 4.99 Å². The highest BCUT2D eigenvalue weighted by Gasteiger charge is 2.22. The van der Waals surface area contributed by atoms with E-state index in [1.807, 2.05) is 12.1 Å². The molecule has 5 nitrogen and oxygen atoms in total. The lowest BCUT2D eigenvalue weighted by Gasteiger charge is -2.20. The monoisotopic (exact) mass is 419 g/mol. The predicted octanol–water partition coefficient (Wildman–Crippen LogP) is 1.89. The van der Waals surface area contributed by atoms with Gasteiger partial charge in [0.1, 0.15) is 5.75 Å². The average molecular weight is 419 g/mol. The quantitative estimate of drug-likeness (QED) is 0.435. The van der Waals surface area contributed by atoms with Crippen molar-refractivity contribution in [3.8, 4) is 5.75 Å². The Labute approximate surface area is 149 Å². The molecule has 0 spiro atoms. The van der Waals surface area contributed by atoms with Gasteiger partial charge in [-0.25, -0.2) is 0 Å². The van der Waals surface area contributed by atoms with Crippen LogP contribution >= 0.6 is 24.0 Å². The second-order valence-corrected chi connectivity index (χ2v) is 5.22. The zero-order valence-corrected chi connectivity index (χ0v) is 15.6. The fraction of sp³-hybridized carbons (Fsp3) is 0.562. The minimum Gasteiger partial charge on any atom is -0.497 e. The minimum absolute atomic E-state index is 0. The first-order valence-electron chi connectivity index (χ1n) is 7.57.